The van der Waals surface area contributed by atoms with Gasteiger partial charge in [0.25, 0.3) is 0 Å². The number of hydrogen-bond acceptors (Lipinski definition) is 1. The molecule has 0 aliphatic rings. The Labute approximate surface area is 123 Å². The Kier molecular flexibility index (Phi) is 5.42. The van der Waals surface area contributed by atoms with E-state index in [2.05, 4.69) is 40.4 Å². The Morgan fingerprint density at radius 1 is 1.32 bits per heavy atom. The average molecular weight is 297 g/mol. The molecule has 1 atom stereocenters. The fourth-order valence-electron chi connectivity index (χ4n) is 1.66. The molecular weight excluding hydrogens is 272 g/mol. The maximum absolute atomic E-state index is 6.49. The van der Waals surface area contributed by atoms with Gasteiger partial charge in [-0.1, -0.05) is 56.6 Å². The first-order valence-electron chi connectivity index (χ1n) is 6.72. The van der Waals surface area contributed by atoms with Crippen molar-refractivity contribution < 1.29 is 4.43 Å². The number of benzene rings is 1. The molecule has 1 unspecified atom stereocenters. The molecule has 0 radical (unpaired) electrons. The molecule has 0 amide bonds. The van der Waals surface area contributed by atoms with Gasteiger partial charge in [0.15, 0.2) is 8.32 Å². The van der Waals surface area contributed by atoms with Crippen molar-refractivity contribution in [2.45, 2.75) is 51.4 Å². The van der Waals surface area contributed by atoms with Gasteiger partial charge in [-0.15, -0.1) is 6.58 Å². The highest BCUT2D eigenvalue weighted by Gasteiger charge is 2.39. The molecule has 106 valence electrons. The lowest BCUT2D eigenvalue weighted by Gasteiger charge is -2.39. The molecule has 0 bridgehead atoms. The van der Waals surface area contributed by atoms with Crippen LogP contribution >= 0.6 is 11.6 Å². The number of halogens is 1. The quantitative estimate of drug-likeness (QED) is 0.480. The summed E-state index contributed by atoms with van der Waals surface area (Å²) in [6.07, 6.45) is 2.70. The summed E-state index contributed by atoms with van der Waals surface area (Å²) < 4.78 is 6.49. The lowest BCUT2D eigenvalue weighted by atomic mass is 10.1. The van der Waals surface area contributed by atoms with Crippen LogP contribution in [0.4, 0.5) is 0 Å². The second-order valence-corrected chi connectivity index (χ2v) is 11.6. The molecule has 0 aliphatic heterocycles. The van der Waals surface area contributed by atoms with Gasteiger partial charge in [-0.05, 0) is 36.2 Å². The Morgan fingerprint density at radius 3 is 2.37 bits per heavy atom. The molecule has 3 heteroatoms. The van der Waals surface area contributed by atoms with Crippen LogP contribution in [0.5, 0.6) is 0 Å². The van der Waals surface area contributed by atoms with Crippen molar-refractivity contribution in [3.63, 3.8) is 0 Å². The SMILES string of the molecule is C=CCC(O[Si](C)(C)C(C)(C)C)c1ccccc1Cl. The Balaban J connectivity index is 3.04. The average Bonchev–Trinajstić information content (AvgIpc) is 2.27. The van der Waals surface area contributed by atoms with E-state index in [0.717, 1.165) is 17.0 Å². The zero-order valence-electron chi connectivity index (χ0n) is 12.7. The van der Waals surface area contributed by atoms with Crippen LogP contribution in [0.1, 0.15) is 38.9 Å². The Morgan fingerprint density at radius 2 is 1.89 bits per heavy atom. The van der Waals surface area contributed by atoms with E-state index in [1.807, 2.05) is 30.3 Å². The van der Waals surface area contributed by atoms with E-state index in [0.29, 0.717) is 0 Å². The van der Waals surface area contributed by atoms with Crippen LogP contribution in [0.25, 0.3) is 0 Å². The Hall–Kier alpha value is -0.573. The molecular formula is C16H25ClOSi. The summed E-state index contributed by atoms with van der Waals surface area (Å²) in [5.41, 5.74) is 1.06. The molecule has 0 heterocycles. The van der Waals surface area contributed by atoms with Crippen molar-refractivity contribution in [1.82, 2.24) is 0 Å². The Bertz CT molecular complexity index is 435. The van der Waals surface area contributed by atoms with Gasteiger partial charge >= 0.3 is 0 Å². The van der Waals surface area contributed by atoms with E-state index in [1.54, 1.807) is 0 Å². The zero-order valence-corrected chi connectivity index (χ0v) is 14.4. The molecule has 0 N–H and O–H groups in total. The molecule has 0 saturated carbocycles. The molecule has 0 fully saturated rings. The predicted octanol–water partition coefficient (Wildman–Crippen LogP) is 5.98. The van der Waals surface area contributed by atoms with Crippen molar-refractivity contribution in [3.8, 4) is 0 Å². The molecule has 0 aliphatic carbocycles. The highest BCUT2D eigenvalue weighted by atomic mass is 35.5. The van der Waals surface area contributed by atoms with Crippen LogP contribution < -0.4 is 0 Å². The second-order valence-electron chi connectivity index (χ2n) is 6.41. The van der Waals surface area contributed by atoms with Crippen molar-refractivity contribution in [2.75, 3.05) is 0 Å². The van der Waals surface area contributed by atoms with E-state index >= 15 is 0 Å². The first kappa shape index (κ1) is 16.5. The van der Waals surface area contributed by atoms with Crippen LogP contribution in [0.15, 0.2) is 36.9 Å². The smallest absolute Gasteiger partial charge is 0.192 e. The van der Waals surface area contributed by atoms with Crippen molar-refractivity contribution >= 4 is 19.9 Å². The molecule has 1 rings (SSSR count). The minimum Gasteiger partial charge on any atom is -0.410 e. The lowest BCUT2D eigenvalue weighted by molar-refractivity contribution is 0.187. The summed E-state index contributed by atoms with van der Waals surface area (Å²) in [4.78, 5) is 0. The molecule has 19 heavy (non-hydrogen) atoms. The lowest BCUT2D eigenvalue weighted by Crippen LogP contribution is -2.41. The van der Waals surface area contributed by atoms with E-state index < -0.39 is 8.32 Å². The van der Waals surface area contributed by atoms with Crippen molar-refractivity contribution in [1.29, 1.82) is 0 Å². The van der Waals surface area contributed by atoms with Crippen LogP contribution in [-0.2, 0) is 4.43 Å². The molecule has 1 nitrogen and oxygen atoms in total. The number of rotatable bonds is 5. The van der Waals surface area contributed by atoms with E-state index in [9.17, 15) is 0 Å². The van der Waals surface area contributed by atoms with Crippen LogP contribution in [0.2, 0.25) is 23.2 Å². The fraction of sp³-hybridized carbons (Fsp3) is 0.500. The van der Waals surface area contributed by atoms with Gasteiger partial charge in [0, 0.05) is 5.02 Å². The normalized spacial score (nSPS) is 14.2. The number of hydrogen-bond donors (Lipinski definition) is 0. The first-order valence-corrected chi connectivity index (χ1v) is 10.0. The molecule has 1 aromatic rings. The van der Waals surface area contributed by atoms with E-state index in [4.69, 9.17) is 16.0 Å². The van der Waals surface area contributed by atoms with E-state index in [1.165, 1.54) is 0 Å². The second kappa shape index (κ2) is 6.25. The van der Waals surface area contributed by atoms with Gasteiger partial charge in [-0.25, -0.2) is 0 Å². The summed E-state index contributed by atoms with van der Waals surface area (Å²) >= 11 is 6.30. The van der Waals surface area contributed by atoms with Gasteiger partial charge in [0.2, 0.25) is 0 Å². The zero-order chi connectivity index (χ0) is 14.7. The largest absolute Gasteiger partial charge is 0.410 e. The topological polar surface area (TPSA) is 9.23 Å². The van der Waals surface area contributed by atoms with Crippen molar-refractivity contribution in [3.05, 3.63) is 47.5 Å². The summed E-state index contributed by atoms with van der Waals surface area (Å²) in [5, 5.41) is 0.960. The summed E-state index contributed by atoms with van der Waals surface area (Å²) in [7, 11) is -1.82. The third kappa shape index (κ3) is 4.20. The molecule has 1 aromatic carbocycles. The fourth-order valence-corrected chi connectivity index (χ4v) is 3.20. The van der Waals surface area contributed by atoms with E-state index in [-0.39, 0.29) is 11.1 Å². The van der Waals surface area contributed by atoms with Gasteiger partial charge < -0.3 is 4.43 Å². The highest BCUT2D eigenvalue weighted by Crippen LogP contribution is 2.41. The third-order valence-corrected chi connectivity index (χ3v) is 8.71. The summed E-state index contributed by atoms with van der Waals surface area (Å²) in [6, 6.07) is 7.92. The maximum atomic E-state index is 6.49. The van der Waals surface area contributed by atoms with Gasteiger partial charge in [-0.2, -0.15) is 0 Å². The predicted molar refractivity (Wildman–Crippen MR) is 87.3 cm³/mol. The van der Waals surface area contributed by atoms with Crippen LogP contribution in [0, 0.1) is 0 Å². The maximum Gasteiger partial charge on any atom is 0.192 e. The molecule has 0 saturated heterocycles. The summed E-state index contributed by atoms with van der Waals surface area (Å²) in [5.74, 6) is 0. The first-order chi connectivity index (χ1) is 8.69. The van der Waals surface area contributed by atoms with Gasteiger partial charge in [0.05, 0.1) is 6.10 Å². The molecule has 0 aromatic heterocycles. The summed E-state index contributed by atoms with van der Waals surface area (Å²) in [6.45, 7) is 15.1. The third-order valence-electron chi connectivity index (χ3n) is 3.88. The van der Waals surface area contributed by atoms with Crippen molar-refractivity contribution in [2.24, 2.45) is 0 Å². The highest BCUT2D eigenvalue weighted by molar-refractivity contribution is 6.74. The van der Waals surface area contributed by atoms with Crippen LogP contribution in [0.3, 0.4) is 0 Å². The van der Waals surface area contributed by atoms with Gasteiger partial charge in [-0.3, -0.25) is 0 Å². The minimum absolute atomic E-state index is 0.00657. The monoisotopic (exact) mass is 296 g/mol. The minimum atomic E-state index is -1.82. The van der Waals surface area contributed by atoms with Gasteiger partial charge in [0.1, 0.15) is 0 Å². The standard InChI is InChI=1S/C16H25ClOSi/c1-7-10-15(13-11-8-9-12-14(13)17)18-19(5,6)16(2,3)4/h7-9,11-12,15H,1,10H2,2-6H3. The molecule has 0 spiro atoms. The van der Waals surface area contributed by atoms with Crippen LogP contribution in [-0.4, -0.2) is 8.32 Å².